The number of halogens is 4. The Labute approximate surface area is 128 Å². The van der Waals surface area contributed by atoms with E-state index >= 15 is 0 Å². The fourth-order valence-electron chi connectivity index (χ4n) is 1.83. The van der Waals surface area contributed by atoms with Gasteiger partial charge in [-0.25, -0.2) is 13.2 Å². The maximum atomic E-state index is 13.4. The van der Waals surface area contributed by atoms with E-state index in [9.17, 15) is 18.0 Å². The molecule has 0 aliphatic heterocycles. The molecule has 0 aliphatic carbocycles. The normalized spacial score (nSPS) is 10.5. The van der Waals surface area contributed by atoms with Gasteiger partial charge in [0.1, 0.15) is 5.82 Å². The van der Waals surface area contributed by atoms with E-state index in [0.29, 0.717) is 5.56 Å². The fraction of sp³-hybridized carbons (Fsp3) is 0.133. The second-order valence-corrected chi connectivity index (χ2v) is 5.39. The molecule has 0 bridgehead atoms. The van der Waals surface area contributed by atoms with Crippen molar-refractivity contribution in [1.82, 2.24) is 4.90 Å². The van der Waals surface area contributed by atoms with Gasteiger partial charge in [0, 0.05) is 19.2 Å². The molecular formula is C15H11BrF3NO. The summed E-state index contributed by atoms with van der Waals surface area (Å²) in [4.78, 5) is 13.4. The van der Waals surface area contributed by atoms with Gasteiger partial charge in [-0.05, 0) is 51.8 Å². The zero-order chi connectivity index (χ0) is 15.6. The first-order valence-corrected chi connectivity index (χ1v) is 6.82. The Morgan fingerprint density at radius 2 is 1.76 bits per heavy atom. The Morgan fingerprint density at radius 1 is 1.05 bits per heavy atom. The largest absolute Gasteiger partial charge is 0.337 e. The number of hydrogen-bond acceptors (Lipinski definition) is 1. The van der Waals surface area contributed by atoms with Gasteiger partial charge in [-0.2, -0.15) is 0 Å². The van der Waals surface area contributed by atoms with Crippen molar-refractivity contribution in [3.05, 3.63) is 69.4 Å². The predicted molar refractivity (Wildman–Crippen MR) is 76.3 cm³/mol. The van der Waals surface area contributed by atoms with E-state index in [1.807, 2.05) is 0 Å². The van der Waals surface area contributed by atoms with Crippen molar-refractivity contribution < 1.29 is 18.0 Å². The minimum absolute atomic E-state index is 0.0910. The molecule has 0 unspecified atom stereocenters. The third kappa shape index (κ3) is 3.64. The highest BCUT2D eigenvalue weighted by molar-refractivity contribution is 9.10. The van der Waals surface area contributed by atoms with E-state index in [1.165, 1.54) is 30.1 Å². The van der Waals surface area contributed by atoms with Gasteiger partial charge in [-0.15, -0.1) is 0 Å². The van der Waals surface area contributed by atoms with Crippen molar-refractivity contribution in [3.63, 3.8) is 0 Å². The third-order valence-corrected chi connectivity index (χ3v) is 3.56. The van der Waals surface area contributed by atoms with Gasteiger partial charge in [0.15, 0.2) is 11.6 Å². The van der Waals surface area contributed by atoms with Crippen LogP contribution in [0, 0.1) is 17.5 Å². The molecule has 21 heavy (non-hydrogen) atoms. The average Bonchev–Trinajstić information content (AvgIpc) is 2.45. The van der Waals surface area contributed by atoms with Gasteiger partial charge in [0.25, 0.3) is 5.91 Å². The first-order chi connectivity index (χ1) is 9.88. The summed E-state index contributed by atoms with van der Waals surface area (Å²) < 4.78 is 39.6. The van der Waals surface area contributed by atoms with Crippen LogP contribution in [0.2, 0.25) is 0 Å². The Kier molecular flexibility index (Phi) is 4.67. The molecule has 2 rings (SSSR count). The molecule has 0 atom stereocenters. The first kappa shape index (κ1) is 15.6. The molecule has 6 heteroatoms. The van der Waals surface area contributed by atoms with Crippen LogP contribution in [0.4, 0.5) is 13.2 Å². The van der Waals surface area contributed by atoms with Gasteiger partial charge in [0.05, 0.1) is 4.47 Å². The molecule has 0 spiro atoms. The van der Waals surface area contributed by atoms with E-state index in [0.717, 1.165) is 18.2 Å². The van der Waals surface area contributed by atoms with Crippen LogP contribution in [-0.2, 0) is 6.54 Å². The second kappa shape index (κ2) is 6.30. The van der Waals surface area contributed by atoms with Crippen LogP contribution in [0.15, 0.2) is 40.9 Å². The highest BCUT2D eigenvalue weighted by atomic mass is 79.9. The number of benzene rings is 2. The summed E-state index contributed by atoms with van der Waals surface area (Å²) in [6, 6.07) is 7.47. The zero-order valence-electron chi connectivity index (χ0n) is 11.0. The Morgan fingerprint density at radius 3 is 2.38 bits per heavy atom. The Hall–Kier alpha value is -1.82. The molecule has 110 valence electrons. The van der Waals surface area contributed by atoms with Crippen molar-refractivity contribution >= 4 is 21.8 Å². The average molecular weight is 358 g/mol. The van der Waals surface area contributed by atoms with Crippen molar-refractivity contribution in [2.24, 2.45) is 0 Å². The van der Waals surface area contributed by atoms with Crippen molar-refractivity contribution in [2.75, 3.05) is 7.05 Å². The molecule has 0 fully saturated rings. The number of nitrogens with zero attached hydrogens (tertiary/aromatic N) is 1. The Bertz CT molecular complexity index is 691. The number of hydrogen-bond donors (Lipinski definition) is 0. The lowest BCUT2D eigenvalue weighted by Crippen LogP contribution is -2.26. The molecule has 0 aliphatic rings. The van der Waals surface area contributed by atoms with Gasteiger partial charge < -0.3 is 4.90 Å². The number of carbonyl (C=O) groups is 1. The topological polar surface area (TPSA) is 20.3 Å². The highest BCUT2D eigenvalue weighted by Gasteiger charge is 2.14. The fourth-order valence-corrected chi connectivity index (χ4v) is 2.08. The molecule has 2 aromatic carbocycles. The van der Waals surface area contributed by atoms with E-state index in [1.54, 1.807) is 0 Å². The molecule has 0 heterocycles. The molecule has 0 aromatic heterocycles. The minimum Gasteiger partial charge on any atom is -0.337 e. The summed E-state index contributed by atoms with van der Waals surface area (Å²) in [7, 11) is 1.50. The standard InChI is InChI=1S/C15H11BrF3NO/c1-20(8-9-2-5-12(17)14(19)6-9)15(21)10-3-4-11(16)13(18)7-10/h2-7H,8H2,1H3. The monoisotopic (exact) mass is 357 g/mol. The van der Waals surface area contributed by atoms with Gasteiger partial charge in [0.2, 0.25) is 0 Å². The van der Waals surface area contributed by atoms with E-state index < -0.39 is 23.4 Å². The lowest BCUT2D eigenvalue weighted by molar-refractivity contribution is 0.0784. The van der Waals surface area contributed by atoms with Gasteiger partial charge >= 0.3 is 0 Å². The third-order valence-electron chi connectivity index (χ3n) is 2.92. The number of rotatable bonds is 3. The van der Waals surface area contributed by atoms with Crippen molar-refractivity contribution in [2.45, 2.75) is 6.54 Å². The van der Waals surface area contributed by atoms with Crippen LogP contribution in [0.3, 0.4) is 0 Å². The lowest BCUT2D eigenvalue weighted by atomic mass is 10.1. The molecular weight excluding hydrogens is 347 g/mol. The van der Waals surface area contributed by atoms with E-state index in [4.69, 9.17) is 0 Å². The quantitative estimate of drug-likeness (QED) is 0.808. The summed E-state index contributed by atoms with van der Waals surface area (Å²) in [5.41, 5.74) is 0.628. The second-order valence-electron chi connectivity index (χ2n) is 4.54. The summed E-state index contributed by atoms with van der Waals surface area (Å²) >= 11 is 3.01. The molecule has 0 radical (unpaired) electrons. The van der Waals surface area contributed by atoms with Crippen molar-refractivity contribution in [3.8, 4) is 0 Å². The highest BCUT2D eigenvalue weighted by Crippen LogP contribution is 2.18. The maximum Gasteiger partial charge on any atom is 0.253 e. The maximum absolute atomic E-state index is 13.4. The SMILES string of the molecule is CN(Cc1ccc(F)c(F)c1)C(=O)c1ccc(Br)c(F)c1. The van der Waals surface area contributed by atoms with Crippen LogP contribution in [-0.4, -0.2) is 17.9 Å². The molecule has 2 nitrogen and oxygen atoms in total. The van der Waals surface area contributed by atoms with Crippen LogP contribution in [0.1, 0.15) is 15.9 Å². The molecule has 0 saturated heterocycles. The van der Waals surface area contributed by atoms with E-state index in [-0.39, 0.29) is 16.6 Å². The van der Waals surface area contributed by atoms with Crippen LogP contribution in [0.25, 0.3) is 0 Å². The molecule has 0 N–H and O–H groups in total. The van der Waals surface area contributed by atoms with Crippen LogP contribution < -0.4 is 0 Å². The Balaban J connectivity index is 2.15. The minimum atomic E-state index is -0.969. The molecule has 2 aromatic rings. The van der Waals surface area contributed by atoms with Gasteiger partial charge in [-0.1, -0.05) is 6.07 Å². The smallest absolute Gasteiger partial charge is 0.253 e. The summed E-state index contributed by atoms with van der Waals surface area (Å²) in [6.07, 6.45) is 0. The number of amides is 1. The van der Waals surface area contributed by atoms with E-state index in [2.05, 4.69) is 15.9 Å². The van der Waals surface area contributed by atoms with Crippen LogP contribution in [0.5, 0.6) is 0 Å². The van der Waals surface area contributed by atoms with Crippen molar-refractivity contribution in [1.29, 1.82) is 0 Å². The zero-order valence-corrected chi connectivity index (χ0v) is 12.6. The molecule has 1 amide bonds. The van der Waals surface area contributed by atoms with Crippen LogP contribution >= 0.6 is 15.9 Å². The number of carbonyl (C=O) groups excluding carboxylic acids is 1. The first-order valence-electron chi connectivity index (χ1n) is 6.03. The lowest BCUT2D eigenvalue weighted by Gasteiger charge is -2.17. The predicted octanol–water partition coefficient (Wildman–Crippen LogP) is 4.14. The summed E-state index contributed by atoms with van der Waals surface area (Å²) in [5, 5.41) is 0. The van der Waals surface area contributed by atoms with Gasteiger partial charge in [-0.3, -0.25) is 4.79 Å². The molecule has 0 saturated carbocycles. The summed E-state index contributed by atoms with van der Waals surface area (Å²) in [5.74, 6) is -2.86. The summed E-state index contributed by atoms with van der Waals surface area (Å²) in [6.45, 7) is 0.0910.